The number of nitrogens with one attached hydrogen (secondary N) is 1. The summed E-state index contributed by atoms with van der Waals surface area (Å²) in [6.07, 6.45) is 6.52. The Kier molecular flexibility index (Phi) is 5.11. The van der Waals surface area contributed by atoms with Gasteiger partial charge in [0.25, 0.3) is 0 Å². The molecule has 7 nitrogen and oxygen atoms in total. The zero-order chi connectivity index (χ0) is 18.1. The molecule has 7 heteroatoms. The number of H-pyrrole nitrogens is 1. The highest BCUT2D eigenvalue weighted by Crippen LogP contribution is 2.30. The average Bonchev–Trinajstić information content (AvgIpc) is 3.03. The van der Waals surface area contributed by atoms with Crippen LogP contribution in [0.2, 0.25) is 0 Å². The van der Waals surface area contributed by atoms with Crippen LogP contribution in [0.15, 0.2) is 12.5 Å². The molecule has 0 radical (unpaired) electrons. The lowest BCUT2D eigenvalue weighted by Crippen LogP contribution is -2.43. The molecule has 3 fully saturated rings. The molecule has 5 rings (SSSR count). The van der Waals surface area contributed by atoms with Crippen LogP contribution in [0.5, 0.6) is 0 Å². The number of fused-ring (bicyclic) bond motifs is 4. The number of piperidine rings is 1. The third-order valence-corrected chi connectivity index (χ3v) is 5.96. The fourth-order valence-electron chi connectivity index (χ4n) is 4.51. The largest absolute Gasteiger partial charge is 0.394 e. The summed E-state index contributed by atoms with van der Waals surface area (Å²) < 4.78 is 1.87. The standard InChI is InChI=1S/C19H30N6O/c1-14-17(10-25(22-14)5-6-26)9-24-8-16-3-4-18(24)11-23(7-16)12-19-15(2)20-13-21-19/h10,13,16,18,26H,3-9,11-12H2,1-2H3,(H,20,21)/t16-,18+/m0/s1. The first kappa shape index (κ1) is 17.7. The van der Waals surface area contributed by atoms with Crippen molar-refractivity contribution in [2.24, 2.45) is 5.92 Å². The molecule has 2 bridgehead atoms. The molecule has 0 unspecified atom stereocenters. The van der Waals surface area contributed by atoms with Crippen molar-refractivity contribution in [3.63, 3.8) is 0 Å². The molecule has 5 heterocycles. The van der Waals surface area contributed by atoms with E-state index < -0.39 is 0 Å². The zero-order valence-corrected chi connectivity index (χ0v) is 15.9. The highest BCUT2D eigenvalue weighted by molar-refractivity contribution is 5.16. The van der Waals surface area contributed by atoms with Crippen LogP contribution in [0.25, 0.3) is 0 Å². The average molecular weight is 358 g/mol. The molecule has 0 amide bonds. The Morgan fingerprint density at radius 3 is 2.85 bits per heavy atom. The second-order valence-electron chi connectivity index (χ2n) is 7.92. The van der Waals surface area contributed by atoms with Crippen molar-refractivity contribution in [2.45, 2.75) is 52.4 Å². The molecular weight excluding hydrogens is 328 g/mol. The molecule has 2 N–H and O–H groups in total. The van der Waals surface area contributed by atoms with Gasteiger partial charge in [-0.1, -0.05) is 0 Å². The summed E-state index contributed by atoms with van der Waals surface area (Å²) in [5.74, 6) is 0.737. The van der Waals surface area contributed by atoms with Crippen LogP contribution in [0.3, 0.4) is 0 Å². The van der Waals surface area contributed by atoms with Gasteiger partial charge in [-0.3, -0.25) is 14.5 Å². The number of aliphatic hydroxyl groups is 1. The van der Waals surface area contributed by atoms with Crippen LogP contribution >= 0.6 is 0 Å². The molecule has 2 atom stereocenters. The van der Waals surface area contributed by atoms with Gasteiger partial charge >= 0.3 is 0 Å². The highest BCUT2D eigenvalue weighted by atomic mass is 16.3. The van der Waals surface area contributed by atoms with E-state index in [-0.39, 0.29) is 6.61 Å². The third kappa shape index (κ3) is 3.70. The van der Waals surface area contributed by atoms with Gasteiger partial charge in [0.1, 0.15) is 0 Å². The number of imidazole rings is 1. The number of hydrogen-bond acceptors (Lipinski definition) is 5. The van der Waals surface area contributed by atoms with Crippen molar-refractivity contribution in [3.8, 4) is 0 Å². The van der Waals surface area contributed by atoms with Crippen molar-refractivity contribution < 1.29 is 5.11 Å². The quantitative estimate of drug-likeness (QED) is 0.815. The van der Waals surface area contributed by atoms with E-state index in [1.54, 1.807) is 6.33 Å². The van der Waals surface area contributed by atoms with Crippen molar-refractivity contribution in [2.75, 3.05) is 26.2 Å². The van der Waals surface area contributed by atoms with E-state index in [0.717, 1.165) is 31.2 Å². The second kappa shape index (κ2) is 7.50. The van der Waals surface area contributed by atoms with Gasteiger partial charge in [-0.25, -0.2) is 4.98 Å². The molecule has 0 saturated carbocycles. The second-order valence-corrected chi connectivity index (χ2v) is 7.92. The van der Waals surface area contributed by atoms with Gasteiger partial charge in [-0.2, -0.15) is 5.10 Å². The molecule has 3 aliphatic rings. The molecule has 26 heavy (non-hydrogen) atoms. The van der Waals surface area contributed by atoms with Gasteiger partial charge < -0.3 is 10.1 Å². The Morgan fingerprint density at radius 1 is 1.19 bits per heavy atom. The maximum atomic E-state index is 9.13. The highest BCUT2D eigenvalue weighted by Gasteiger charge is 2.35. The van der Waals surface area contributed by atoms with Crippen LogP contribution in [0.4, 0.5) is 0 Å². The summed E-state index contributed by atoms with van der Waals surface area (Å²) in [7, 11) is 0. The van der Waals surface area contributed by atoms with Crippen molar-refractivity contribution in [1.29, 1.82) is 0 Å². The minimum Gasteiger partial charge on any atom is -0.394 e. The Bertz CT molecular complexity index is 738. The maximum absolute atomic E-state index is 9.13. The molecular formula is C19H30N6O. The molecule has 0 aromatic carbocycles. The molecule has 0 spiro atoms. The zero-order valence-electron chi connectivity index (χ0n) is 15.9. The summed E-state index contributed by atoms with van der Waals surface area (Å²) >= 11 is 0. The minimum absolute atomic E-state index is 0.135. The SMILES string of the molecule is Cc1nn(CCO)cc1CN1C[C@H]2CC[C@@H]1CN(Cc1nc[nH]c1C)C2. The van der Waals surface area contributed by atoms with E-state index >= 15 is 0 Å². The van der Waals surface area contributed by atoms with Gasteiger partial charge in [0, 0.05) is 56.2 Å². The van der Waals surface area contributed by atoms with Gasteiger partial charge in [0.15, 0.2) is 0 Å². The van der Waals surface area contributed by atoms with E-state index in [2.05, 4.69) is 44.9 Å². The summed E-state index contributed by atoms with van der Waals surface area (Å²) in [5.41, 5.74) is 4.74. The fraction of sp³-hybridized carbons (Fsp3) is 0.684. The number of aryl methyl sites for hydroxylation is 2. The Morgan fingerprint density at radius 2 is 2.08 bits per heavy atom. The van der Waals surface area contributed by atoms with Gasteiger partial charge in [-0.05, 0) is 32.6 Å². The predicted molar refractivity (Wildman–Crippen MR) is 99.6 cm³/mol. The topological polar surface area (TPSA) is 73.2 Å². The molecule has 2 aromatic rings. The van der Waals surface area contributed by atoms with E-state index in [1.807, 2.05) is 4.68 Å². The molecule has 3 saturated heterocycles. The van der Waals surface area contributed by atoms with Crippen LogP contribution in [0, 0.1) is 19.8 Å². The van der Waals surface area contributed by atoms with Gasteiger partial charge in [0.05, 0.1) is 30.9 Å². The monoisotopic (exact) mass is 358 g/mol. The Labute approximate surface area is 155 Å². The van der Waals surface area contributed by atoms with Crippen LogP contribution in [-0.2, 0) is 19.6 Å². The number of aromatic nitrogens is 4. The lowest BCUT2D eigenvalue weighted by molar-refractivity contribution is 0.123. The molecule has 142 valence electrons. The Balaban J connectivity index is 1.44. The van der Waals surface area contributed by atoms with Gasteiger partial charge in [-0.15, -0.1) is 0 Å². The first-order valence-corrected chi connectivity index (χ1v) is 9.71. The Hall–Kier alpha value is -1.70. The minimum atomic E-state index is 0.135. The number of nitrogens with zero attached hydrogens (tertiary/aromatic N) is 5. The van der Waals surface area contributed by atoms with E-state index in [9.17, 15) is 0 Å². The molecule has 2 aromatic heterocycles. The lowest BCUT2D eigenvalue weighted by Gasteiger charge is -2.36. The number of rotatable bonds is 6. The normalized spacial score (nSPS) is 24.3. The van der Waals surface area contributed by atoms with E-state index in [1.165, 1.54) is 42.9 Å². The lowest BCUT2D eigenvalue weighted by atomic mass is 9.94. The molecule has 0 aliphatic carbocycles. The van der Waals surface area contributed by atoms with Crippen molar-refractivity contribution in [1.82, 2.24) is 29.5 Å². The third-order valence-electron chi connectivity index (χ3n) is 5.96. The smallest absolute Gasteiger partial charge is 0.0925 e. The van der Waals surface area contributed by atoms with Crippen molar-refractivity contribution in [3.05, 3.63) is 35.2 Å². The van der Waals surface area contributed by atoms with Crippen LogP contribution in [0.1, 0.15) is 35.5 Å². The fourth-order valence-corrected chi connectivity index (χ4v) is 4.51. The number of hydrogen-bond donors (Lipinski definition) is 2. The van der Waals surface area contributed by atoms with Gasteiger partial charge in [0.2, 0.25) is 0 Å². The maximum Gasteiger partial charge on any atom is 0.0925 e. The van der Waals surface area contributed by atoms with E-state index in [0.29, 0.717) is 12.6 Å². The number of aliphatic hydroxyl groups excluding tert-OH is 1. The molecule has 3 aliphatic heterocycles. The van der Waals surface area contributed by atoms with Crippen molar-refractivity contribution >= 4 is 0 Å². The van der Waals surface area contributed by atoms with Crippen LogP contribution < -0.4 is 0 Å². The summed E-state index contributed by atoms with van der Waals surface area (Å²) in [6.45, 7) is 10.3. The summed E-state index contributed by atoms with van der Waals surface area (Å²) in [5, 5.41) is 13.7. The first-order valence-electron chi connectivity index (χ1n) is 9.71. The predicted octanol–water partition coefficient (Wildman–Crippen LogP) is 1.31. The van der Waals surface area contributed by atoms with E-state index in [4.69, 9.17) is 5.11 Å². The first-order chi connectivity index (χ1) is 12.6. The summed E-state index contributed by atoms with van der Waals surface area (Å²) in [6, 6.07) is 0.605. The summed E-state index contributed by atoms with van der Waals surface area (Å²) in [4.78, 5) is 12.9. The number of aromatic amines is 1. The van der Waals surface area contributed by atoms with Crippen LogP contribution in [-0.4, -0.2) is 66.9 Å².